The zero-order chi connectivity index (χ0) is 27.4. The van der Waals surface area contributed by atoms with Crippen LogP contribution in [0.4, 0.5) is 4.39 Å². The number of alkyl halides is 1. The van der Waals surface area contributed by atoms with Gasteiger partial charge in [-0.2, -0.15) is 5.10 Å². The number of halogens is 2. The maximum Gasteiger partial charge on any atom is 0.261 e. The molecule has 0 bridgehead atoms. The van der Waals surface area contributed by atoms with Gasteiger partial charge in [0.05, 0.1) is 18.0 Å². The molecule has 3 aliphatic heterocycles. The van der Waals surface area contributed by atoms with Crippen LogP contribution in [0.1, 0.15) is 52.5 Å². The van der Waals surface area contributed by atoms with Gasteiger partial charge in [0.1, 0.15) is 34.4 Å². The highest BCUT2D eigenvalue weighted by atomic mass is 35.5. The van der Waals surface area contributed by atoms with E-state index in [0.717, 1.165) is 35.7 Å². The highest BCUT2D eigenvalue weighted by Gasteiger charge is 2.45. The van der Waals surface area contributed by atoms with E-state index in [1.54, 1.807) is 40.0 Å². The van der Waals surface area contributed by atoms with Crippen molar-refractivity contribution in [1.82, 2.24) is 35.1 Å². The van der Waals surface area contributed by atoms with Gasteiger partial charge in [0.15, 0.2) is 11.6 Å². The van der Waals surface area contributed by atoms with Crippen LogP contribution in [0.2, 0.25) is 0 Å². The summed E-state index contributed by atoms with van der Waals surface area (Å²) in [6.07, 6.45) is 9.15. The number of hydrogen-bond donors (Lipinski definition) is 2. The lowest BCUT2D eigenvalue weighted by molar-refractivity contribution is -0.137. The van der Waals surface area contributed by atoms with Gasteiger partial charge < -0.3 is 25.0 Å². The minimum Gasteiger partial charge on any atom is -0.484 e. The number of morpholine rings is 1. The molecule has 0 radical (unpaired) electrons. The lowest BCUT2D eigenvalue weighted by Gasteiger charge is -2.40. The van der Waals surface area contributed by atoms with Crippen LogP contribution in [0, 0.1) is 12.7 Å². The summed E-state index contributed by atoms with van der Waals surface area (Å²) < 4.78 is 29.4. The molecule has 1 saturated carbocycles. The monoisotopic (exact) mass is 585 g/mol. The van der Waals surface area contributed by atoms with Crippen molar-refractivity contribution in [2.24, 2.45) is 0 Å². The molecule has 4 aliphatic rings. The third kappa shape index (κ3) is 4.47. The first-order valence-electron chi connectivity index (χ1n) is 13.5. The number of ether oxygens (including phenoxy) is 2. The lowest BCUT2D eigenvalue weighted by Crippen LogP contribution is -2.58. The van der Waals surface area contributed by atoms with Crippen LogP contribution >= 0.6 is 22.9 Å². The summed E-state index contributed by atoms with van der Waals surface area (Å²) in [4.78, 5) is 24.3. The fraction of sp³-hybridized carbons (Fsp3) is 0.481. The minimum atomic E-state index is -1.17. The molecule has 2 N–H and O–H groups in total. The summed E-state index contributed by atoms with van der Waals surface area (Å²) in [7, 11) is 0. The number of dihydropyridines is 1. The van der Waals surface area contributed by atoms with Gasteiger partial charge in [-0.05, 0) is 55.7 Å². The second-order valence-corrected chi connectivity index (χ2v) is 12.3. The Balaban J connectivity index is 1.20. The second kappa shape index (κ2) is 10.1. The highest BCUT2D eigenvalue weighted by molar-refractivity contribution is 7.16. The molecule has 6 heterocycles. The number of aromatic nitrogens is 4. The van der Waals surface area contributed by atoms with Gasteiger partial charge in [-0.3, -0.25) is 9.78 Å². The van der Waals surface area contributed by atoms with Crippen LogP contribution < -0.4 is 10.6 Å². The molecule has 2 fully saturated rings. The molecule has 1 saturated heterocycles. The van der Waals surface area contributed by atoms with Gasteiger partial charge >= 0.3 is 0 Å². The van der Waals surface area contributed by atoms with Crippen molar-refractivity contribution in [1.29, 1.82) is 0 Å². The highest BCUT2D eigenvalue weighted by Crippen LogP contribution is 2.42. The molecule has 3 unspecified atom stereocenters. The number of fused-ring (bicyclic) bond motifs is 3. The van der Waals surface area contributed by atoms with E-state index < -0.39 is 23.0 Å². The van der Waals surface area contributed by atoms with E-state index in [1.807, 2.05) is 6.92 Å². The van der Waals surface area contributed by atoms with Crippen LogP contribution in [0.15, 0.2) is 36.4 Å². The van der Waals surface area contributed by atoms with Crippen molar-refractivity contribution < 1.29 is 18.7 Å². The molecular formula is C27H29ClFN7O3S. The van der Waals surface area contributed by atoms with Crippen LogP contribution in [0.25, 0.3) is 4.96 Å². The standard InChI is InChI=1S/C27H29ClFN7O3S/c1-15-34-36-24-19(33-26(36)40-15)6-9-35(25(24)23-18(29)11-17(12-31-23)16-4-5-16)22(37)14-39-20-3-2-7-32-27(20,28)21-13-30-8-10-38-21/h2-3,7,11-12,16,21,25,30,32H,4-6,8-10,13-14H2,1H3. The first-order valence-corrected chi connectivity index (χ1v) is 14.7. The van der Waals surface area contributed by atoms with E-state index in [-0.39, 0.29) is 18.2 Å². The van der Waals surface area contributed by atoms with Gasteiger partial charge in [0, 0.05) is 32.3 Å². The molecule has 1 aliphatic carbocycles. The SMILES string of the molecule is Cc1nn2c3c(nc2s1)CCN(C(=O)COC1=CC=CNC1(Cl)C1CNCCO1)C3c1ncc(C2CC2)cc1F. The van der Waals surface area contributed by atoms with Gasteiger partial charge in [0.2, 0.25) is 4.96 Å². The Hall–Kier alpha value is -3.06. The predicted molar refractivity (Wildman–Crippen MR) is 147 cm³/mol. The molecular weight excluding hydrogens is 557 g/mol. The number of amides is 1. The minimum absolute atomic E-state index is 0.181. The van der Waals surface area contributed by atoms with Crippen molar-refractivity contribution >= 4 is 33.8 Å². The van der Waals surface area contributed by atoms with E-state index >= 15 is 4.39 Å². The zero-order valence-corrected chi connectivity index (χ0v) is 23.5. The molecule has 10 nitrogen and oxygen atoms in total. The smallest absolute Gasteiger partial charge is 0.261 e. The Morgan fingerprint density at radius 3 is 3.05 bits per heavy atom. The van der Waals surface area contributed by atoms with Crippen LogP contribution in [-0.4, -0.2) is 74.3 Å². The number of nitrogens with one attached hydrogen (secondary N) is 2. The number of carbonyl (C=O) groups is 1. The number of hydrogen-bond acceptors (Lipinski definition) is 9. The molecule has 3 aromatic rings. The largest absolute Gasteiger partial charge is 0.484 e. The zero-order valence-electron chi connectivity index (χ0n) is 21.9. The number of pyridine rings is 1. The van der Waals surface area contributed by atoms with Crippen molar-refractivity contribution in [3.8, 4) is 0 Å². The number of rotatable bonds is 6. The maximum absolute atomic E-state index is 15.7. The van der Waals surface area contributed by atoms with E-state index in [4.69, 9.17) is 26.1 Å². The maximum atomic E-state index is 15.7. The molecule has 1 amide bonds. The first-order chi connectivity index (χ1) is 19.4. The third-order valence-corrected chi connectivity index (χ3v) is 9.18. The Labute approximate surface area is 239 Å². The number of allylic oxidation sites excluding steroid dienone is 2. The molecule has 3 atom stereocenters. The van der Waals surface area contributed by atoms with E-state index in [1.165, 1.54) is 11.3 Å². The van der Waals surface area contributed by atoms with Gasteiger partial charge in [0.25, 0.3) is 5.91 Å². The van der Waals surface area contributed by atoms with E-state index in [9.17, 15) is 4.79 Å². The van der Waals surface area contributed by atoms with Crippen LogP contribution in [0.5, 0.6) is 0 Å². The van der Waals surface area contributed by atoms with Gasteiger partial charge in [-0.15, -0.1) is 0 Å². The average molecular weight is 586 g/mol. The summed E-state index contributed by atoms with van der Waals surface area (Å²) in [5.41, 5.74) is 2.54. The number of carbonyl (C=O) groups excluding carboxylic acids is 1. The molecule has 0 aromatic carbocycles. The number of nitrogens with zero attached hydrogens (tertiary/aromatic N) is 5. The fourth-order valence-electron chi connectivity index (χ4n) is 5.66. The van der Waals surface area contributed by atoms with E-state index in [2.05, 4.69) is 20.7 Å². The summed E-state index contributed by atoms with van der Waals surface area (Å²) >= 11 is 8.44. The fourth-order valence-corrected chi connectivity index (χ4v) is 6.75. The molecule has 13 heteroatoms. The van der Waals surface area contributed by atoms with Gasteiger partial charge in [-0.25, -0.2) is 13.9 Å². The first kappa shape index (κ1) is 25.9. The van der Waals surface area contributed by atoms with Crippen molar-refractivity contribution in [3.05, 3.63) is 69.8 Å². The topological polar surface area (TPSA) is 106 Å². The molecule has 0 spiro atoms. The Bertz CT molecular complexity index is 1530. The Morgan fingerprint density at radius 2 is 2.27 bits per heavy atom. The third-order valence-electron chi connectivity index (χ3n) is 7.81. The average Bonchev–Trinajstić information content (AvgIpc) is 3.67. The summed E-state index contributed by atoms with van der Waals surface area (Å²) in [6.45, 7) is 3.73. The second-order valence-electron chi connectivity index (χ2n) is 10.5. The van der Waals surface area contributed by atoms with E-state index in [0.29, 0.717) is 48.4 Å². The summed E-state index contributed by atoms with van der Waals surface area (Å²) in [5.74, 6) is -0.0124. The lowest BCUT2D eigenvalue weighted by atomic mass is 9.98. The quantitative estimate of drug-likeness (QED) is 0.336. The van der Waals surface area contributed by atoms with Crippen molar-refractivity contribution in [2.75, 3.05) is 32.8 Å². The predicted octanol–water partition coefficient (Wildman–Crippen LogP) is 2.93. The summed E-state index contributed by atoms with van der Waals surface area (Å²) in [5, 5.41) is 11.9. The number of imidazole rings is 1. The van der Waals surface area contributed by atoms with Crippen LogP contribution in [-0.2, 0) is 20.7 Å². The molecule has 210 valence electrons. The Kier molecular flexibility index (Phi) is 6.53. The Morgan fingerprint density at radius 1 is 1.40 bits per heavy atom. The van der Waals surface area contributed by atoms with Crippen molar-refractivity contribution in [3.63, 3.8) is 0 Å². The normalized spacial score (nSPS) is 26.4. The molecule has 40 heavy (non-hydrogen) atoms. The molecule has 7 rings (SSSR count). The molecule has 3 aromatic heterocycles. The van der Waals surface area contributed by atoms with Gasteiger partial charge in [-0.1, -0.05) is 22.9 Å². The van der Waals surface area contributed by atoms with Crippen molar-refractivity contribution in [2.45, 2.75) is 49.2 Å². The summed E-state index contributed by atoms with van der Waals surface area (Å²) in [6, 6.07) is 0.762. The number of aryl methyl sites for hydroxylation is 1. The van der Waals surface area contributed by atoms with Crippen LogP contribution in [0.3, 0.4) is 0 Å².